The fourth-order valence-corrected chi connectivity index (χ4v) is 2.13. The van der Waals surface area contributed by atoms with Crippen LogP contribution in [0.2, 0.25) is 0 Å². The molecule has 1 N–H and O–H groups in total. The lowest BCUT2D eigenvalue weighted by Gasteiger charge is -2.28. The van der Waals surface area contributed by atoms with Crippen molar-refractivity contribution in [3.05, 3.63) is 0 Å². The molecule has 0 rings (SSSR count). The van der Waals surface area contributed by atoms with E-state index >= 15 is 0 Å². The summed E-state index contributed by atoms with van der Waals surface area (Å²) in [6.45, 7) is 17.6. The highest BCUT2D eigenvalue weighted by atomic mass is 16.3. The second-order valence-corrected chi connectivity index (χ2v) is 7.49. The summed E-state index contributed by atoms with van der Waals surface area (Å²) in [5.74, 6) is 0. The monoisotopic (exact) mass is 257 g/mol. The smallest absolute Gasteiger partial charge is 0.0436 e. The number of rotatable bonds is 9. The minimum absolute atomic E-state index is 0.290. The molecule has 0 bridgehead atoms. The van der Waals surface area contributed by atoms with Crippen molar-refractivity contribution in [3.63, 3.8) is 0 Å². The summed E-state index contributed by atoms with van der Waals surface area (Å²) in [5, 5.41) is 9.02. The molecule has 110 valence electrons. The van der Waals surface area contributed by atoms with Crippen molar-refractivity contribution in [2.24, 2.45) is 10.8 Å². The SMILES string of the molecule is CCN(CCCC(C)(C)CCO)CCC(C)(C)C. The highest BCUT2D eigenvalue weighted by Crippen LogP contribution is 2.26. The van der Waals surface area contributed by atoms with Crippen LogP contribution in [0.3, 0.4) is 0 Å². The summed E-state index contributed by atoms with van der Waals surface area (Å²) in [4.78, 5) is 2.56. The van der Waals surface area contributed by atoms with Crippen LogP contribution in [0.5, 0.6) is 0 Å². The van der Waals surface area contributed by atoms with E-state index in [0.29, 0.717) is 12.0 Å². The van der Waals surface area contributed by atoms with Gasteiger partial charge in [0.15, 0.2) is 0 Å². The maximum Gasteiger partial charge on any atom is 0.0436 e. The molecule has 0 unspecified atom stereocenters. The van der Waals surface area contributed by atoms with Crippen molar-refractivity contribution in [1.29, 1.82) is 0 Å². The van der Waals surface area contributed by atoms with Gasteiger partial charge in [-0.15, -0.1) is 0 Å². The summed E-state index contributed by atoms with van der Waals surface area (Å²) in [6, 6.07) is 0. The molecule has 0 spiro atoms. The van der Waals surface area contributed by atoms with Crippen molar-refractivity contribution < 1.29 is 5.11 Å². The first-order chi connectivity index (χ1) is 8.20. The molecule has 2 heteroatoms. The summed E-state index contributed by atoms with van der Waals surface area (Å²) < 4.78 is 0. The van der Waals surface area contributed by atoms with Gasteiger partial charge < -0.3 is 10.0 Å². The second-order valence-electron chi connectivity index (χ2n) is 7.49. The molecule has 0 aromatic rings. The van der Waals surface area contributed by atoms with Crippen LogP contribution in [0.25, 0.3) is 0 Å². The van der Waals surface area contributed by atoms with Crippen LogP contribution in [-0.2, 0) is 0 Å². The van der Waals surface area contributed by atoms with E-state index in [1.807, 2.05) is 0 Å². The first-order valence-corrected chi connectivity index (χ1v) is 7.53. The number of hydrogen-bond donors (Lipinski definition) is 1. The van der Waals surface area contributed by atoms with Gasteiger partial charge in [-0.2, -0.15) is 0 Å². The Morgan fingerprint density at radius 2 is 1.50 bits per heavy atom. The Bertz CT molecular complexity index is 206. The predicted molar refractivity (Wildman–Crippen MR) is 80.9 cm³/mol. The zero-order valence-corrected chi connectivity index (χ0v) is 13.6. The lowest BCUT2D eigenvalue weighted by molar-refractivity contribution is 0.183. The van der Waals surface area contributed by atoms with Crippen LogP contribution in [-0.4, -0.2) is 36.2 Å². The molecule has 2 nitrogen and oxygen atoms in total. The number of aliphatic hydroxyl groups excluding tert-OH is 1. The Hall–Kier alpha value is -0.0800. The zero-order chi connectivity index (χ0) is 14.2. The van der Waals surface area contributed by atoms with Crippen molar-refractivity contribution in [1.82, 2.24) is 4.90 Å². The molecule has 0 aliphatic rings. The largest absolute Gasteiger partial charge is 0.396 e. The van der Waals surface area contributed by atoms with Crippen LogP contribution >= 0.6 is 0 Å². The first-order valence-electron chi connectivity index (χ1n) is 7.53. The van der Waals surface area contributed by atoms with Gasteiger partial charge in [-0.3, -0.25) is 0 Å². The van der Waals surface area contributed by atoms with Gasteiger partial charge in [0, 0.05) is 6.61 Å². The molecule has 0 amide bonds. The van der Waals surface area contributed by atoms with E-state index in [1.165, 1.54) is 32.4 Å². The minimum atomic E-state index is 0.290. The van der Waals surface area contributed by atoms with Gasteiger partial charge in [-0.25, -0.2) is 0 Å². The summed E-state index contributed by atoms with van der Waals surface area (Å²) >= 11 is 0. The maximum atomic E-state index is 9.02. The second kappa shape index (κ2) is 8.16. The third kappa shape index (κ3) is 9.90. The van der Waals surface area contributed by atoms with Gasteiger partial charge in [-0.1, -0.05) is 41.5 Å². The van der Waals surface area contributed by atoms with Gasteiger partial charge >= 0.3 is 0 Å². The number of hydrogen-bond acceptors (Lipinski definition) is 2. The minimum Gasteiger partial charge on any atom is -0.396 e. The van der Waals surface area contributed by atoms with Gasteiger partial charge in [0.05, 0.1) is 0 Å². The van der Waals surface area contributed by atoms with Crippen LogP contribution < -0.4 is 0 Å². The molecular weight excluding hydrogens is 222 g/mol. The zero-order valence-electron chi connectivity index (χ0n) is 13.6. The average molecular weight is 257 g/mol. The van der Waals surface area contributed by atoms with Gasteiger partial charge in [0.2, 0.25) is 0 Å². The van der Waals surface area contributed by atoms with Crippen molar-refractivity contribution in [3.8, 4) is 0 Å². The molecule has 0 saturated carbocycles. The van der Waals surface area contributed by atoms with E-state index in [9.17, 15) is 0 Å². The molecular formula is C16H35NO. The summed E-state index contributed by atoms with van der Waals surface area (Å²) in [7, 11) is 0. The highest BCUT2D eigenvalue weighted by Gasteiger charge is 2.17. The van der Waals surface area contributed by atoms with E-state index in [-0.39, 0.29) is 5.41 Å². The highest BCUT2D eigenvalue weighted by molar-refractivity contribution is 4.70. The molecule has 0 aromatic heterocycles. The summed E-state index contributed by atoms with van der Waals surface area (Å²) in [5.41, 5.74) is 0.724. The number of nitrogens with zero attached hydrogens (tertiary/aromatic N) is 1. The molecule has 0 aliphatic heterocycles. The van der Waals surface area contributed by atoms with Gasteiger partial charge in [0.25, 0.3) is 0 Å². The Labute approximate surface area is 115 Å². The molecule has 0 saturated heterocycles. The van der Waals surface area contributed by atoms with Crippen LogP contribution in [0.1, 0.15) is 67.2 Å². The average Bonchev–Trinajstić information content (AvgIpc) is 2.21. The third-order valence-electron chi connectivity index (χ3n) is 3.74. The van der Waals surface area contributed by atoms with Gasteiger partial charge in [-0.05, 0) is 56.1 Å². The standard InChI is InChI=1S/C16H35NO/c1-7-17(13-10-15(2,3)4)12-8-9-16(5,6)11-14-18/h18H,7-14H2,1-6H3. The molecule has 0 heterocycles. The molecule has 0 radical (unpaired) electrons. The van der Waals surface area contributed by atoms with E-state index in [1.54, 1.807) is 0 Å². The first kappa shape index (κ1) is 17.9. The van der Waals surface area contributed by atoms with Crippen LogP contribution in [0.15, 0.2) is 0 Å². The Morgan fingerprint density at radius 1 is 0.889 bits per heavy atom. The fourth-order valence-electron chi connectivity index (χ4n) is 2.13. The number of aliphatic hydroxyl groups is 1. The Balaban J connectivity index is 3.87. The molecule has 0 atom stereocenters. The lowest BCUT2D eigenvalue weighted by atomic mass is 9.84. The topological polar surface area (TPSA) is 23.5 Å². The summed E-state index contributed by atoms with van der Waals surface area (Å²) in [6.07, 6.45) is 4.63. The Morgan fingerprint density at radius 3 is 1.94 bits per heavy atom. The molecule has 0 aliphatic carbocycles. The van der Waals surface area contributed by atoms with E-state index in [0.717, 1.165) is 13.0 Å². The van der Waals surface area contributed by atoms with E-state index < -0.39 is 0 Å². The quantitative estimate of drug-likeness (QED) is 0.676. The van der Waals surface area contributed by atoms with Crippen LogP contribution in [0, 0.1) is 10.8 Å². The molecule has 0 aromatic carbocycles. The normalized spacial score (nSPS) is 13.3. The van der Waals surface area contributed by atoms with E-state index in [2.05, 4.69) is 46.4 Å². The predicted octanol–water partition coefficient (Wildman–Crippen LogP) is 3.93. The molecule has 18 heavy (non-hydrogen) atoms. The third-order valence-corrected chi connectivity index (χ3v) is 3.74. The van der Waals surface area contributed by atoms with Crippen molar-refractivity contribution in [2.75, 3.05) is 26.2 Å². The van der Waals surface area contributed by atoms with Crippen molar-refractivity contribution >= 4 is 0 Å². The van der Waals surface area contributed by atoms with Crippen LogP contribution in [0.4, 0.5) is 0 Å². The maximum absolute atomic E-state index is 9.02. The van der Waals surface area contributed by atoms with Gasteiger partial charge in [0.1, 0.15) is 0 Å². The molecule has 0 fully saturated rings. The van der Waals surface area contributed by atoms with Crippen molar-refractivity contribution in [2.45, 2.75) is 67.2 Å². The Kier molecular flexibility index (Phi) is 8.13. The lowest BCUT2D eigenvalue weighted by Crippen LogP contribution is -2.29. The van der Waals surface area contributed by atoms with E-state index in [4.69, 9.17) is 5.11 Å². The fraction of sp³-hybridized carbons (Fsp3) is 1.00.